The SMILES string of the molecule is C=Cn1[c-]ccc1.[K+]. The van der Waals surface area contributed by atoms with Crippen molar-refractivity contribution in [1.82, 2.24) is 4.57 Å². The standard InChI is InChI=1S/C6H6N.K/c1-2-7-5-3-4-6-7;/h2-5H,1H2;/q-1;+1. The zero-order valence-corrected chi connectivity index (χ0v) is 8.09. The van der Waals surface area contributed by atoms with Crippen molar-refractivity contribution in [3.63, 3.8) is 0 Å². The van der Waals surface area contributed by atoms with Gasteiger partial charge in [-0.2, -0.15) is 6.07 Å². The second-order valence-corrected chi connectivity index (χ2v) is 1.23. The normalized spacial score (nSPS) is 7.50. The van der Waals surface area contributed by atoms with Gasteiger partial charge in [-0.15, -0.1) is 18.8 Å². The molecule has 0 saturated heterocycles. The molecule has 8 heavy (non-hydrogen) atoms. The number of aromatic nitrogens is 1. The van der Waals surface area contributed by atoms with Crippen LogP contribution in [0.25, 0.3) is 6.20 Å². The number of hydrogen-bond donors (Lipinski definition) is 0. The van der Waals surface area contributed by atoms with Gasteiger partial charge < -0.3 is 4.57 Å². The fourth-order valence-electron chi connectivity index (χ4n) is 0.421. The summed E-state index contributed by atoms with van der Waals surface area (Å²) in [4.78, 5) is 0. The Morgan fingerprint density at radius 1 is 1.62 bits per heavy atom. The van der Waals surface area contributed by atoms with Gasteiger partial charge in [-0.05, 0) is 0 Å². The van der Waals surface area contributed by atoms with Crippen molar-refractivity contribution >= 4 is 6.20 Å². The monoisotopic (exact) mass is 131 g/mol. The molecule has 0 spiro atoms. The van der Waals surface area contributed by atoms with Crippen molar-refractivity contribution in [2.24, 2.45) is 0 Å². The van der Waals surface area contributed by atoms with Gasteiger partial charge in [-0.1, -0.05) is 12.4 Å². The fourth-order valence-corrected chi connectivity index (χ4v) is 0.421. The Kier molecular flexibility index (Phi) is 4.90. The van der Waals surface area contributed by atoms with Crippen LogP contribution in [0.2, 0.25) is 0 Å². The van der Waals surface area contributed by atoms with Gasteiger partial charge in [0.1, 0.15) is 0 Å². The summed E-state index contributed by atoms with van der Waals surface area (Å²) in [5.41, 5.74) is 0. The second kappa shape index (κ2) is 4.53. The molecule has 1 rings (SSSR count). The molecule has 0 radical (unpaired) electrons. The minimum Gasteiger partial charge on any atom is -0.457 e. The van der Waals surface area contributed by atoms with E-state index < -0.39 is 0 Å². The first-order chi connectivity index (χ1) is 3.43. The van der Waals surface area contributed by atoms with Crippen LogP contribution in [-0.4, -0.2) is 4.57 Å². The number of hydrogen-bond acceptors (Lipinski definition) is 0. The zero-order chi connectivity index (χ0) is 5.11. The van der Waals surface area contributed by atoms with Gasteiger partial charge in [0, 0.05) is 0 Å². The second-order valence-electron chi connectivity index (χ2n) is 1.23. The van der Waals surface area contributed by atoms with Crippen LogP contribution in [0.15, 0.2) is 24.9 Å². The molecule has 0 atom stereocenters. The summed E-state index contributed by atoms with van der Waals surface area (Å²) in [6.07, 6.45) is 6.46. The maximum atomic E-state index is 3.53. The Labute approximate surface area is 91.8 Å². The molecule has 0 aromatic carbocycles. The number of rotatable bonds is 1. The first-order valence-electron chi connectivity index (χ1n) is 2.10. The molecular weight excluding hydrogens is 125 g/mol. The van der Waals surface area contributed by atoms with Gasteiger partial charge in [0.15, 0.2) is 0 Å². The van der Waals surface area contributed by atoms with Gasteiger partial charge in [0.05, 0.1) is 0 Å². The average Bonchev–Trinajstić information content (AvgIpc) is 2.14. The van der Waals surface area contributed by atoms with E-state index in [1.54, 1.807) is 10.8 Å². The van der Waals surface area contributed by atoms with E-state index in [0.29, 0.717) is 0 Å². The van der Waals surface area contributed by atoms with E-state index in [4.69, 9.17) is 0 Å². The molecule has 1 aromatic rings. The van der Waals surface area contributed by atoms with Crippen molar-refractivity contribution in [3.05, 3.63) is 31.1 Å². The van der Waals surface area contributed by atoms with E-state index in [9.17, 15) is 0 Å². The molecule has 0 unspecified atom stereocenters. The predicted molar refractivity (Wildman–Crippen MR) is 29.7 cm³/mol. The molecule has 0 aliphatic carbocycles. The molecule has 1 heterocycles. The Hall–Kier alpha value is 0.656. The zero-order valence-electron chi connectivity index (χ0n) is 4.96. The predicted octanol–water partition coefficient (Wildman–Crippen LogP) is -1.61. The minimum atomic E-state index is 0. The molecule has 0 N–H and O–H groups in total. The summed E-state index contributed by atoms with van der Waals surface area (Å²) in [5, 5.41) is 0. The van der Waals surface area contributed by atoms with Crippen LogP contribution in [-0.2, 0) is 0 Å². The smallest absolute Gasteiger partial charge is 0.457 e. The van der Waals surface area contributed by atoms with E-state index >= 15 is 0 Å². The van der Waals surface area contributed by atoms with Crippen LogP contribution in [0.4, 0.5) is 0 Å². The van der Waals surface area contributed by atoms with Gasteiger partial charge in [0.25, 0.3) is 0 Å². The van der Waals surface area contributed by atoms with Gasteiger partial charge >= 0.3 is 51.4 Å². The van der Waals surface area contributed by atoms with Crippen molar-refractivity contribution in [1.29, 1.82) is 0 Å². The topological polar surface area (TPSA) is 4.93 Å². The third kappa shape index (κ3) is 2.28. The van der Waals surface area contributed by atoms with Crippen LogP contribution < -0.4 is 51.4 Å². The van der Waals surface area contributed by atoms with E-state index in [-0.39, 0.29) is 51.4 Å². The summed E-state index contributed by atoms with van der Waals surface area (Å²) in [5.74, 6) is 0. The Morgan fingerprint density at radius 2 is 2.38 bits per heavy atom. The molecule has 36 valence electrons. The van der Waals surface area contributed by atoms with Gasteiger partial charge in [0.2, 0.25) is 0 Å². The molecular formula is C6H6KN. The quantitative estimate of drug-likeness (QED) is 0.319. The molecule has 2 heteroatoms. The van der Waals surface area contributed by atoms with Crippen molar-refractivity contribution in [2.45, 2.75) is 0 Å². The van der Waals surface area contributed by atoms with Gasteiger partial charge in [-0.3, -0.25) is 0 Å². The minimum absolute atomic E-state index is 0. The maximum absolute atomic E-state index is 3.53. The van der Waals surface area contributed by atoms with Crippen LogP contribution in [0, 0.1) is 6.20 Å². The molecule has 0 saturated carbocycles. The van der Waals surface area contributed by atoms with Crippen LogP contribution >= 0.6 is 0 Å². The maximum Gasteiger partial charge on any atom is 1.00 e. The summed E-state index contributed by atoms with van der Waals surface area (Å²) >= 11 is 0. The Bertz CT molecular complexity index is 144. The fraction of sp³-hybridized carbons (Fsp3) is 0. The largest absolute Gasteiger partial charge is 1.00 e. The Morgan fingerprint density at radius 3 is 2.62 bits per heavy atom. The molecule has 1 aromatic heterocycles. The summed E-state index contributed by atoms with van der Waals surface area (Å²) in [6, 6.07) is 3.74. The van der Waals surface area contributed by atoms with E-state index in [2.05, 4.69) is 12.8 Å². The molecule has 0 bridgehead atoms. The van der Waals surface area contributed by atoms with Crippen LogP contribution in [0.5, 0.6) is 0 Å². The van der Waals surface area contributed by atoms with Crippen molar-refractivity contribution in [3.8, 4) is 0 Å². The number of nitrogens with zero attached hydrogens (tertiary/aromatic N) is 1. The molecule has 0 aliphatic rings. The molecule has 0 fully saturated rings. The van der Waals surface area contributed by atoms with Crippen LogP contribution in [0.1, 0.15) is 0 Å². The third-order valence-electron chi connectivity index (χ3n) is 0.763. The summed E-state index contributed by atoms with van der Waals surface area (Å²) < 4.78 is 1.76. The van der Waals surface area contributed by atoms with Crippen molar-refractivity contribution < 1.29 is 51.4 Å². The van der Waals surface area contributed by atoms with E-state index in [1.807, 2.05) is 18.3 Å². The third-order valence-corrected chi connectivity index (χ3v) is 0.763. The van der Waals surface area contributed by atoms with Gasteiger partial charge in [-0.25, -0.2) is 0 Å². The van der Waals surface area contributed by atoms with Crippen molar-refractivity contribution in [2.75, 3.05) is 0 Å². The summed E-state index contributed by atoms with van der Waals surface area (Å²) in [6.45, 7) is 3.53. The van der Waals surface area contributed by atoms with E-state index in [1.165, 1.54) is 0 Å². The summed E-state index contributed by atoms with van der Waals surface area (Å²) in [7, 11) is 0. The first kappa shape index (κ1) is 8.66. The van der Waals surface area contributed by atoms with E-state index in [0.717, 1.165) is 0 Å². The van der Waals surface area contributed by atoms with Crippen LogP contribution in [0.3, 0.4) is 0 Å². The molecule has 0 amide bonds. The first-order valence-corrected chi connectivity index (χ1v) is 2.10. The molecule has 1 nitrogen and oxygen atoms in total. The molecule has 0 aliphatic heterocycles. The average molecular weight is 131 g/mol. The Balaban J connectivity index is 0.000000490.